The number of nitrogens with one attached hydrogen (secondary N) is 3. The lowest BCUT2D eigenvalue weighted by molar-refractivity contribution is -0.137. The number of benzene rings is 2. The van der Waals surface area contributed by atoms with E-state index in [1.165, 1.54) is 12.1 Å². The van der Waals surface area contributed by atoms with Gasteiger partial charge in [0.15, 0.2) is 16.6 Å². The zero-order chi connectivity index (χ0) is 26.7. The molecule has 38 heavy (non-hydrogen) atoms. The highest BCUT2D eigenvalue weighted by molar-refractivity contribution is 7.80. The van der Waals surface area contributed by atoms with Gasteiger partial charge in [0, 0.05) is 42.9 Å². The van der Waals surface area contributed by atoms with E-state index in [0.29, 0.717) is 35.1 Å². The molecule has 0 aliphatic carbocycles. The maximum Gasteiger partial charge on any atom is 0.416 e. The summed E-state index contributed by atoms with van der Waals surface area (Å²) in [5.41, 5.74) is 2.45. The number of fused-ring (bicyclic) bond motifs is 1. The van der Waals surface area contributed by atoms with E-state index in [4.69, 9.17) is 22.2 Å². The zero-order valence-corrected chi connectivity index (χ0v) is 20.8. The molecule has 0 aliphatic heterocycles. The van der Waals surface area contributed by atoms with Crippen LogP contribution in [0.15, 0.2) is 79.3 Å². The zero-order valence-electron chi connectivity index (χ0n) is 20.0. The summed E-state index contributed by atoms with van der Waals surface area (Å²) in [6, 6.07) is 15.9. The van der Waals surface area contributed by atoms with Crippen LogP contribution in [-0.4, -0.2) is 29.8 Å². The number of anilines is 3. The maximum atomic E-state index is 13.0. The minimum atomic E-state index is -4.44. The SMILES string of the molecule is Cn1ncc2c(NCc3cccnc3)nc(-c3cccc(NC(=S)Nc4cccc(C(F)(F)F)c4)c3)nc21. The molecule has 8 nitrogen and oxygen atoms in total. The average Bonchev–Trinajstić information content (AvgIpc) is 3.28. The topological polar surface area (TPSA) is 92.6 Å². The number of pyridine rings is 1. The summed E-state index contributed by atoms with van der Waals surface area (Å²) in [6.07, 6.45) is 0.761. The monoisotopic (exact) mass is 534 g/mol. The molecule has 0 spiro atoms. The number of alkyl halides is 3. The van der Waals surface area contributed by atoms with E-state index in [2.05, 4.69) is 26.0 Å². The number of halogens is 3. The second kappa shape index (κ2) is 10.4. The van der Waals surface area contributed by atoms with Crippen LogP contribution in [0.2, 0.25) is 0 Å². The van der Waals surface area contributed by atoms with Gasteiger partial charge in [-0.1, -0.05) is 24.3 Å². The van der Waals surface area contributed by atoms with Gasteiger partial charge in [-0.3, -0.25) is 9.67 Å². The molecule has 0 amide bonds. The maximum absolute atomic E-state index is 13.0. The van der Waals surface area contributed by atoms with Crippen LogP contribution in [0.3, 0.4) is 0 Å². The fourth-order valence-corrected chi connectivity index (χ4v) is 4.01. The minimum absolute atomic E-state index is 0.142. The lowest BCUT2D eigenvalue weighted by Crippen LogP contribution is -2.19. The van der Waals surface area contributed by atoms with Crippen molar-refractivity contribution in [2.24, 2.45) is 7.05 Å². The highest BCUT2D eigenvalue weighted by atomic mass is 32.1. The van der Waals surface area contributed by atoms with Crippen LogP contribution >= 0.6 is 12.2 Å². The van der Waals surface area contributed by atoms with Crippen molar-refractivity contribution in [1.82, 2.24) is 24.7 Å². The summed E-state index contributed by atoms with van der Waals surface area (Å²) in [7, 11) is 1.81. The van der Waals surface area contributed by atoms with Crippen molar-refractivity contribution in [2.75, 3.05) is 16.0 Å². The smallest absolute Gasteiger partial charge is 0.365 e. The second-order valence-electron chi connectivity index (χ2n) is 8.35. The average molecular weight is 535 g/mol. The largest absolute Gasteiger partial charge is 0.416 e. The van der Waals surface area contributed by atoms with Crippen molar-refractivity contribution in [3.63, 3.8) is 0 Å². The molecule has 0 atom stereocenters. The van der Waals surface area contributed by atoms with Crippen LogP contribution in [0.1, 0.15) is 11.1 Å². The fraction of sp³-hybridized carbons (Fsp3) is 0.115. The molecule has 2 aromatic carbocycles. The molecule has 0 radical (unpaired) electrons. The van der Waals surface area contributed by atoms with Crippen LogP contribution in [0.25, 0.3) is 22.4 Å². The third-order valence-electron chi connectivity index (χ3n) is 5.60. The molecule has 0 fully saturated rings. The molecule has 5 aromatic rings. The van der Waals surface area contributed by atoms with Gasteiger partial charge >= 0.3 is 6.18 Å². The predicted octanol–water partition coefficient (Wildman–Crippen LogP) is 5.87. The van der Waals surface area contributed by atoms with E-state index < -0.39 is 11.7 Å². The van der Waals surface area contributed by atoms with Gasteiger partial charge in [0.1, 0.15) is 5.82 Å². The van der Waals surface area contributed by atoms with Crippen LogP contribution in [0, 0.1) is 0 Å². The first kappa shape index (κ1) is 25.1. The summed E-state index contributed by atoms with van der Waals surface area (Å²) < 4.78 is 40.7. The second-order valence-corrected chi connectivity index (χ2v) is 8.76. The van der Waals surface area contributed by atoms with E-state index >= 15 is 0 Å². The Morgan fingerprint density at radius 1 is 0.947 bits per heavy atom. The third-order valence-corrected chi connectivity index (χ3v) is 5.81. The molecule has 0 unspecified atom stereocenters. The number of hydrogen-bond donors (Lipinski definition) is 3. The molecule has 5 rings (SSSR count). The molecule has 12 heteroatoms. The van der Waals surface area contributed by atoms with E-state index in [1.807, 2.05) is 30.3 Å². The van der Waals surface area contributed by atoms with Crippen LogP contribution in [0.5, 0.6) is 0 Å². The number of aromatic nitrogens is 5. The van der Waals surface area contributed by atoms with Crippen molar-refractivity contribution in [3.8, 4) is 11.4 Å². The first-order valence-electron chi connectivity index (χ1n) is 11.4. The molecule has 0 aliphatic rings. The van der Waals surface area contributed by atoms with Gasteiger partial charge in [-0.2, -0.15) is 18.3 Å². The Morgan fingerprint density at radius 2 is 1.71 bits per heavy atom. The highest BCUT2D eigenvalue weighted by Crippen LogP contribution is 2.31. The number of aryl methyl sites for hydroxylation is 1. The van der Waals surface area contributed by atoms with E-state index in [0.717, 1.165) is 23.1 Å². The predicted molar refractivity (Wildman–Crippen MR) is 145 cm³/mol. The molecular weight excluding hydrogens is 513 g/mol. The lowest BCUT2D eigenvalue weighted by Gasteiger charge is -2.13. The fourth-order valence-electron chi connectivity index (χ4n) is 3.78. The Balaban J connectivity index is 1.37. The Morgan fingerprint density at radius 3 is 2.45 bits per heavy atom. The van der Waals surface area contributed by atoms with E-state index in [9.17, 15) is 13.2 Å². The van der Waals surface area contributed by atoms with Gasteiger partial charge in [-0.05, 0) is 54.2 Å². The van der Waals surface area contributed by atoms with Gasteiger partial charge in [-0.15, -0.1) is 0 Å². The van der Waals surface area contributed by atoms with Crippen molar-refractivity contribution >= 4 is 45.6 Å². The third kappa shape index (κ3) is 5.70. The van der Waals surface area contributed by atoms with Crippen LogP contribution in [0.4, 0.5) is 30.4 Å². The quantitative estimate of drug-likeness (QED) is 0.233. The normalized spacial score (nSPS) is 11.4. The molecular formula is C26H21F3N8S. The molecule has 192 valence electrons. The molecule has 0 saturated heterocycles. The van der Waals surface area contributed by atoms with Gasteiger partial charge in [0.2, 0.25) is 0 Å². The van der Waals surface area contributed by atoms with E-state index in [1.54, 1.807) is 36.4 Å². The van der Waals surface area contributed by atoms with Crippen molar-refractivity contribution in [2.45, 2.75) is 12.7 Å². The summed E-state index contributed by atoms with van der Waals surface area (Å²) in [6.45, 7) is 0.519. The van der Waals surface area contributed by atoms with Gasteiger partial charge in [0.25, 0.3) is 0 Å². The van der Waals surface area contributed by atoms with Crippen LogP contribution < -0.4 is 16.0 Å². The number of hydrogen-bond acceptors (Lipinski definition) is 6. The van der Waals surface area contributed by atoms with Gasteiger partial charge < -0.3 is 16.0 Å². The molecule has 0 saturated carbocycles. The lowest BCUT2D eigenvalue weighted by atomic mass is 10.2. The van der Waals surface area contributed by atoms with Crippen LogP contribution in [-0.2, 0) is 19.8 Å². The number of rotatable bonds is 6. The number of thiocarbonyl (C=S) groups is 1. The molecule has 0 bridgehead atoms. The summed E-state index contributed by atoms with van der Waals surface area (Å²) in [5.74, 6) is 1.09. The first-order valence-corrected chi connectivity index (χ1v) is 11.9. The summed E-state index contributed by atoms with van der Waals surface area (Å²) in [5, 5.41) is 14.4. The standard InChI is InChI=1S/C26H21F3N8S/c1-37-24-21(15-32-37)23(31-14-16-5-4-10-30-13-16)35-22(36-24)17-6-2-8-19(11-17)33-25(38)34-20-9-3-7-18(12-20)26(27,28)29/h2-13,15H,14H2,1H3,(H,31,35,36)(H2,33,34,38). The molecule has 3 N–H and O–H groups in total. The van der Waals surface area contributed by atoms with Gasteiger partial charge in [-0.25, -0.2) is 9.97 Å². The van der Waals surface area contributed by atoms with Crippen molar-refractivity contribution < 1.29 is 13.2 Å². The minimum Gasteiger partial charge on any atom is -0.365 e. The summed E-state index contributed by atoms with van der Waals surface area (Å²) in [4.78, 5) is 13.6. The first-order chi connectivity index (χ1) is 18.3. The molecule has 3 heterocycles. The van der Waals surface area contributed by atoms with Gasteiger partial charge in [0.05, 0.1) is 17.1 Å². The van der Waals surface area contributed by atoms with Crippen molar-refractivity contribution in [1.29, 1.82) is 0 Å². The Labute approximate surface area is 221 Å². The number of nitrogens with zero attached hydrogens (tertiary/aromatic N) is 5. The Hall–Kier alpha value is -4.58. The molecule has 3 aromatic heterocycles. The Kier molecular flexibility index (Phi) is 6.88. The van der Waals surface area contributed by atoms with E-state index in [-0.39, 0.29) is 10.8 Å². The van der Waals surface area contributed by atoms with Crippen molar-refractivity contribution in [3.05, 3.63) is 90.4 Å². The highest BCUT2D eigenvalue weighted by Gasteiger charge is 2.30. The Bertz CT molecular complexity index is 1600. The summed E-state index contributed by atoms with van der Waals surface area (Å²) >= 11 is 5.32.